The molecule has 2 heterocycles. The fourth-order valence-electron chi connectivity index (χ4n) is 4.32. The Morgan fingerprint density at radius 2 is 1.79 bits per heavy atom. The third-order valence-corrected chi connectivity index (χ3v) is 8.88. The highest BCUT2D eigenvalue weighted by Gasteiger charge is 2.27. The Hall–Kier alpha value is -3.16. The summed E-state index contributed by atoms with van der Waals surface area (Å²) in [5, 5.41) is 15.8. The number of rotatable bonds is 11. The van der Waals surface area contributed by atoms with Gasteiger partial charge in [0.2, 0.25) is 10.0 Å². The van der Waals surface area contributed by atoms with Gasteiger partial charge in [-0.3, -0.25) is 9.67 Å². The monoisotopic (exact) mass is 570 g/mol. The Kier molecular flexibility index (Phi) is 8.90. The van der Waals surface area contributed by atoms with Crippen LogP contribution >= 0.6 is 23.2 Å². The fourth-order valence-corrected chi connectivity index (χ4v) is 6.29. The first-order valence-electron chi connectivity index (χ1n) is 12.2. The first-order chi connectivity index (χ1) is 18.3. The maximum Gasteiger partial charge on any atom is 0.243 e. The molecule has 0 unspecified atom stereocenters. The summed E-state index contributed by atoms with van der Waals surface area (Å²) in [6, 6.07) is 16.0. The molecule has 11 heteroatoms. The molecule has 38 heavy (non-hydrogen) atoms. The van der Waals surface area contributed by atoms with E-state index in [4.69, 9.17) is 33.6 Å². The summed E-state index contributed by atoms with van der Waals surface area (Å²) in [6.07, 6.45) is 3.33. The largest absolute Gasteiger partial charge is 0.355 e. The van der Waals surface area contributed by atoms with Gasteiger partial charge in [0.25, 0.3) is 0 Å². The van der Waals surface area contributed by atoms with E-state index in [0.29, 0.717) is 40.9 Å². The number of fused-ring (bicyclic) bond motifs is 1. The zero-order chi connectivity index (χ0) is 27.3. The molecule has 0 amide bonds. The van der Waals surface area contributed by atoms with Crippen LogP contribution in [0.15, 0.2) is 65.8 Å². The van der Waals surface area contributed by atoms with E-state index in [0.717, 1.165) is 16.6 Å². The summed E-state index contributed by atoms with van der Waals surface area (Å²) < 4.78 is 30.7. The minimum absolute atomic E-state index is 0.0684. The fraction of sp³-hybridized carbons (Fsp3) is 0.296. The Morgan fingerprint density at radius 1 is 1.05 bits per heavy atom. The molecule has 0 N–H and O–H groups in total. The Balaban J connectivity index is 1.81. The lowest BCUT2D eigenvalue weighted by Crippen LogP contribution is -2.31. The third-order valence-electron chi connectivity index (χ3n) is 6.33. The molecule has 0 atom stereocenters. The van der Waals surface area contributed by atoms with E-state index in [1.165, 1.54) is 4.31 Å². The van der Waals surface area contributed by atoms with E-state index in [2.05, 4.69) is 9.88 Å². The first kappa shape index (κ1) is 27.9. The Morgan fingerprint density at radius 3 is 2.42 bits per heavy atom. The number of hydrogen-bond acceptors (Lipinski definition) is 6. The zero-order valence-electron chi connectivity index (χ0n) is 21.2. The summed E-state index contributed by atoms with van der Waals surface area (Å²) >= 11 is 12.9. The first-order valence-corrected chi connectivity index (χ1v) is 14.4. The predicted octanol–water partition coefficient (Wildman–Crippen LogP) is 5.74. The average Bonchev–Trinajstić information content (AvgIpc) is 3.27. The summed E-state index contributed by atoms with van der Waals surface area (Å²) in [5.41, 5.74) is 2.24. The van der Waals surface area contributed by atoms with Crippen molar-refractivity contribution in [3.8, 4) is 6.07 Å². The van der Waals surface area contributed by atoms with Crippen LogP contribution in [0.1, 0.15) is 31.4 Å². The van der Waals surface area contributed by atoms with Crippen LogP contribution in [0.25, 0.3) is 10.9 Å². The molecule has 4 rings (SSSR count). The molecule has 0 aliphatic carbocycles. The number of pyridine rings is 1. The zero-order valence-corrected chi connectivity index (χ0v) is 23.5. The molecule has 0 aliphatic rings. The molecule has 4 aromatic rings. The second kappa shape index (κ2) is 12.1. The smallest absolute Gasteiger partial charge is 0.243 e. The maximum atomic E-state index is 13.8. The van der Waals surface area contributed by atoms with Gasteiger partial charge in [-0.15, -0.1) is 0 Å². The maximum absolute atomic E-state index is 13.8. The minimum atomic E-state index is -3.93. The van der Waals surface area contributed by atoms with Crippen LogP contribution in [0.4, 0.5) is 5.82 Å². The second-order valence-corrected chi connectivity index (χ2v) is 11.4. The summed E-state index contributed by atoms with van der Waals surface area (Å²) in [6.45, 7) is 5.96. The summed E-state index contributed by atoms with van der Waals surface area (Å²) in [5.74, 6) is 0.682. The van der Waals surface area contributed by atoms with Gasteiger partial charge in [-0.25, -0.2) is 8.42 Å². The Bertz CT molecular complexity index is 1540. The van der Waals surface area contributed by atoms with Gasteiger partial charge >= 0.3 is 0 Å². The molecule has 2 aromatic carbocycles. The highest BCUT2D eigenvalue weighted by Crippen LogP contribution is 2.32. The van der Waals surface area contributed by atoms with E-state index in [9.17, 15) is 8.42 Å². The Labute approximate surface area is 233 Å². The molecule has 8 nitrogen and oxygen atoms in total. The number of sulfonamides is 1. The van der Waals surface area contributed by atoms with Gasteiger partial charge < -0.3 is 4.90 Å². The van der Waals surface area contributed by atoms with E-state index in [1.807, 2.05) is 26.0 Å². The van der Waals surface area contributed by atoms with E-state index >= 15 is 0 Å². The van der Waals surface area contributed by atoms with Crippen molar-refractivity contribution in [2.24, 2.45) is 0 Å². The number of hydrogen-bond donors (Lipinski definition) is 0. The minimum Gasteiger partial charge on any atom is -0.355 e. The lowest BCUT2D eigenvalue weighted by atomic mass is 10.2. The van der Waals surface area contributed by atoms with Crippen LogP contribution in [0.2, 0.25) is 10.0 Å². The molecule has 2 aromatic heterocycles. The molecule has 0 aliphatic heterocycles. The number of nitrogens with zero attached hydrogens (tertiary/aromatic N) is 6. The number of halogens is 2. The van der Waals surface area contributed by atoms with Gasteiger partial charge in [0.15, 0.2) is 5.82 Å². The lowest BCUT2D eigenvalue weighted by Gasteiger charge is -2.22. The van der Waals surface area contributed by atoms with Crippen LogP contribution in [0.3, 0.4) is 0 Å². The van der Waals surface area contributed by atoms with Gasteiger partial charge in [0, 0.05) is 66.0 Å². The van der Waals surface area contributed by atoms with E-state index < -0.39 is 10.0 Å². The van der Waals surface area contributed by atoms with Crippen molar-refractivity contribution < 1.29 is 8.42 Å². The van der Waals surface area contributed by atoms with Crippen molar-refractivity contribution in [1.82, 2.24) is 19.1 Å². The van der Waals surface area contributed by atoms with Gasteiger partial charge in [-0.05, 0) is 55.8 Å². The van der Waals surface area contributed by atoms with Gasteiger partial charge in [-0.1, -0.05) is 35.3 Å². The van der Waals surface area contributed by atoms with Crippen LogP contribution in [0, 0.1) is 11.3 Å². The van der Waals surface area contributed by atoms with Crippen LogP contribution in [-0.2, 0) is 23.1 Å². The lowest BCUT2D eigenvalue weighted by molar-refractivity contribution is 0.413. The van der Waals surface area contributed by atoms with Crippen molar-refractivity contribution in [3.63, 3.8) is 0 Å². The van der Waals surface area contributed by atoms with Crippen LogP contribution in [-0.4, -0.2) is 47.1 Å². The van der Waals surface area contributed by atoms with Crippen molar-refractivity contribution in [2.45, 2.75) is 38.3 Å². The highest BCUT2D eigenvalue weighted by molar-refractivity contribution is 7.89. The summed E-state index contributed by atoms with van der Waals surface area (Å²) in [7, 11) is -3.93. The van der Waals surface area contributed by atoms with E-state index in [-0.39, 0.29) is 24.4 Å². The quantitative estimate of drug-likeness (QED) is 0.228. The molecular formula is C27H28Cl2N6O2S. The molecule has 0 saturated heterocycles. The standard InChI is InChI=1S/C27H28Cl2N6O2S/c1-3-33(4-2)27-22-16-21(38(36,37)34(15-7-13-30)18-20-8-6-14-31-17-20)11-12-26(22)35(32-27)19-23-24(28)9-5-10-25(23)29/h5-6,8-12,14,16-17H,3-4,7,15,18-19H2,1-2H3. The van der Waals surface area contributed by atoms with Gasteiger partial charge in [0.1, 0.15) is 0 Å². The number of nitriles is 1. The molecular weight excluding hydrogens is 543 g/mol. The molecule has 0 bridgehead atoms. The van der Waals surface area contributed by atoms with Crippen LogP contribution in [0.5, 0.6) is 0 Å². The van der Waals surface area contributed by atoms with Crippen LogP contribution < -0.4 is 4.90 Å². The third kappa shape index (κ3) is 5.79. The molecule has 198 valence electrons. The number of aromatic nitrogens is 3. The molecule has 0 radical (unpaired) electrons. The summed E-state index contributed by atoms with van der Waals surface area (Å²) in [4.78, 5) is 6.30. The highest BCUT2D eigenvalue weighted by atomic mass is 35.5. The molecule has 0 fully saturated rings. The van der Waals surface area contributed by atoms with Crippen molar-refractivity contribution in [1.29, 1.82) is 5.26 Å². The molecule has 0 saturated carbocycles. The topological polar surface area (TPSA) is 95.1 Å². The number of benzene rings is 2. The molecule has 0 spiro atoms. The average molecular weight is 572 g/mol. The van der Waals surface area contributed by atoms with Gasteiger partial charge in [0.05, 0.1) is 23.0 Å². The normalized spacial score (nSPS) is 11.7. The van der Waals surface area contributed by atoms with Gasteiger partial charge in [-0.2, -0.15) is 14.7 Å². The SMILES string of the molecule is CCN(CC)c1nn(Cc2c(Cl)cccc2Cl)c2ccc(S(=O)(=O)N(CCC#N)Cc3cccnc3)cc12. The predicted molar refractivity (Wildman–Crippen MR) is 151 cm³/mol. The van der Waals surface area contributed by atoms with Crippen molar-refractivity contribution in [3.05, 3.63) is 82.1 Å². The van der Waals surface area contributed by atoms with E-state index in [1.54, 1.807) is 59.5 Å². The van der Waals surface area contributed by atoms with Crippen molar-refractivity contribution >= 4 is 49.9 Å². The van der Waals surface area contributed by atoms with Crippen molar-refractivity contribution in [2.75, 3.05) is 24.5 Å². The second-order valence-electron chi connectivity index (χ2n) is 8.64. The number of anilines is 1.